The lowest BCUT2D eigenvalue weighted by molar-refractivity contribution is -0.119. The molecule has 0 radical (unpaired) electrons. The molecule has 0 bridgehead atoms. The monoisotopic (exact) mass is 287 g/mol. The summed E-state index contributed by atoms with van der Waals surface area (Å²) in [7, 11) is 1.86. The molecule has 0 aliphatic carbocycles. The summed E-state index contributed by atoms with van der Waals surface area (Å²) in [4.78, 5) is 12.3. The molecular weight excluding hydrogens is 266 g/mol. The van der Waals surface area contributed by atoms with Crippen LogP contribution in [0, 0.1) is 5.41 Å². The molecule has 2 rings (SSSR count). The average Bonchev–Trinajstić information content (AvgIpc) is 2.83. The molecule has 21 heavy (non-hydrogen) atoms. The molecule has 0 saturated carbocycles. The van der Waals surface area contributed by atoms with Crippen LogP contribution in [0.1, 0.15) is 20.8 Å². The van der Waals surface area contributed by atoms with Crippen molar-refractivity contribution in [2.45, 2.75) is 26.8 Å². The van der Waals surface area contributed by atoms with Gasteiger partial charge in [-0.25, -0.2) is 0 Å². The van der Waals surface area contributed by atoms with E-state index < -0.39 is 6.04 Å². The third kappa shape index (κ3) is 3.28. The molecule has 1 aromatic carbocycles. The normalized spacial score (nSPS) is 13.0. The van der Waals surface area contributed by atoms with Gasteiger partial charge in [-0.15, -0.1) is 10.2 Å². The van der Waals surface area contributed by atoms with Crippen LogP contribution < -0.4 is 11.1 Å². The van der Waals surface area contributed by atoms with Crippen molar-refractivity contribution in [1.29, 1.82) is 0 Å². The Morgan fingerprint density at radius 1 is 1.33 bits per heavy atom. The zero-order valence-electron chi connectivity index (χ0n) is 12.8. The summed E-state index contributed by atoms with van der Waals surface area (Å²) in [5.41, 5.74) is 7.18. The van der Waals surface area contributed by atoms with Crippen molar-refractivity contribution in [2.24, 2.45) is 18.2 Å². The molecule has 3 N–H and O–H groups in total. The van der Waals surface area contributed by atoms with Gasteiger partial charge < -0.3 is 15.6 Å². The third-order valence-corrected chi connectivity index (χ3v) is 3.35. The van der Waals surface area contributed by atoms with E-state index in [4.69, 9.17) is 5.73 Å². The lowest BCUT2D eigenvalue weighted by Crippen LogP contribution is -2.45. The number of carbonyl (C=O) groups is 1. The first kappa shape index (κ1) is 15.2. The number of rotatable bonds is 3. The molecule has 6 heteroatoms. The van der Waals surface area contributed by atoms with Crippen molar-refractivity contribution in [3.8, 4) is 11.4 Å². The number of aryl methyl sites for hydroxylation is 1. The fourth-order valence-electron chi connectivity index (χ4n) is 1.92. The summed E-state index contributed by atoms with van der Waals surface area (Å²) in [6.45, 7) is 5.81. The van der Waals surface area contributed by atoms with Gasteiger partial charge in [-0.1, -0.05) is 32.9 Å². The molecular formula is C15H21N5O. The summed E-state index contributed by atoms with van der Waals surface area (Å²) in [5.74, 6) is 0.479. The van der Waals surface area contributed by atoms with Crippen molar-refractivity contribution < 1.29 is 4.79 Å². The van der Waals surface area contributed by atoms with Gasteiger partial charge >= 0.3 is 0 Å². The van der Waals surface area contributed by atoms with Gasteiger partial charge in [-0.05, 0) is 17.5 Å². The van der Waals surface area contributed by atoms with Crippen LogP contribution in [0.2, 0.25) is 0 Å². The van der Waals surface area contributed by atoms with Crippen LogP contribution in [-0.4, -0.2) is 26.7 Å². The van der Waals surface area contributed by atoms with Gasteiger partial charge in [0.1, 0.15) is 6.33 Å². The van der Waals surface area contributed by atoms with E-state index in [2.05, 4.69) is 15.5 Å². The topological polar surface area (TPSA) is 85.8 Å². The second-order valence-electron chi connectivity index (χ2n) is 6.14. The van der Waals surface area contributed by atoms with Gasteiger partial charge in [0.2, 0.25) is 5.91 Å². The van der Waals surface area contributed by atoms with Gasteiger partial charge in [0.25, 0.3) is 0 Å². The van der Waals surface area contributed by atoms with Crippen molar-refractivity contribution in [1.82, 2.24) is 14.8 Å². The Bertz CT molecular complexity index is 642. The smallest absolute Gasteiger partial charge is 0.241 e. The van der Waals surface area contributed by atoms with Crippen LogP contribution in [-0.2, 0) is 11.8 Å². The van der Waals surface area contributed by atoms with Crippen molar-refractivity contribution in [2.75, 3.05) is 5.32 Å². The molecule has 0 fully saturated rings. The molecule has 2 aromatic rings. The molecule has 0 saturated heterocycles. The zero-order chi connectivity index (χ0) is 15.6. The fraction of sp³-hybridized carbons (Fsp3) is 0.400. The van der Waals surface area contributed by atoms with Crippen LogP contribution >= 0.6 is 0 Å². The predicted molar refractivity (Wildman–Crippen MR) is 82.5 cm³/mol. The van der Waals surface area contributed by atoms with Gasteiger partial charge in [0.15, 0.2) is 5.82 Å². The van der Waals surface area contributed by atoms with E-state index in [-0.39, 0.29) is 11.3 Å². The highest BCUT2D eigenvalue weighted by Gasteiger charge is 2.28. The minimum atomic E-state index is -0.593. The van der Waals surface area contributed by atoms with Crippen LogP contribution in [0.15, 0.2) is 30.6 Å². The van der Waals surface area contributed by atoms with E-state index in [1.165, 1.54) is 0 Å². The lowest BCUT2D eigenvalue weighted by atomic mass is 9.87. The number of para-hydroxylation sites is 1. The Hall–Kier alpha value is -2.21. The number of aromatic nitrogens is 3. The molecule has 1 atom stereocenters. The van der Waals surface area contributed by atoms with Crippen LogP contribution in [0.4, 0.5) is 5.69 Å². The van der Waals surface area contributed by atoms with E-state index in [0.717, 1.165) is 5.56 Å². The molecule has 1 heterocycles. The second-order valence-corrected chi connectivity index (χ2v) is 6.14. The molecule has 1 aromatic heterocycles. The van der Waals surface area contributed by atoms with Gasteiger partial charge in [-0.3, -0.25) is 4.79 Å². The maximum atomic E-state index is 12.3. The summed E-state index contributed by atoms with van der Waals surface area (Å²) < 4.78 is 1.80. The number of carbonyl (C=O) groups excluding carboxylic acids is 1. The zero-order valence-corrected chi connectivity index (χ0v) is 12.8. The number of amides is 1. The van der Waals surface area contributed by atoms with E-state index in [1.54, 1.807) is 10.9 Å². The number of anilines is 1. The summed E-state index contributed by atoms with van der Waals surface area (Å²) in [6.07, 6.45) is 1.62. The van der Waals surface area contributed by atoms with E-state index in [0.29, 0.717) is 11.5 Å². The van der Waals surface area contributed by atoms with Crippen molar-refractivity contribution >= 4 is 11.6 Å². The Balaban J connectivity index is 2.30. The molecule has 0 aliphatic heterocycles. The first-order valence-electron chi connectivity index (χ1n) is 6.80. The molecule has 0 aliphatic rings. The Morgan fingerprint density at radius 2 is 2.00 bits per heavy atom. The highest BCUT2D eigenvalue weighted by Crippen LogP contribution is 2.26. The minimum absolute atomic E-state index is 0.211. The lowest BCUT2D eigenvalue weighted by Gasteiger charge is -2.26. The SMILES string of the molecule is Cn1cnnc1-c1ccccc1NC(=O)[C@@H](N)C(C)(C)C. The molecule has 112 valence electrons. The van der Waals surface area contributed by atoms with E-state index >= 15 is 0 Å². The first-order chi connectivity index (χ1) is 9.80. The number of hydrogen-bond donors (Lipinski definition) is 2. The number of benzene rings is 1. The minimum Gasteiger partial charge on any atom is -0.324 e. The summed E-state index contributed by atoms with van der Waals surface area (Å²) >= 11 is 0. The quantitative estimate of drug-likeness (QED) is 0.901. The summed E-state index contributed by atoms with van der Waals surface area (Å²) in [5, 5.41) is 10.8. The number of hydrogen-bond acceptors (Lipinski definition) is 4. The number of nitrogens with zero attached hydrogens (tertiary/aromatic N) is 3. The maximum absolute atomic E-state index is 12.3. The van der Waals surface area contributed by atoms with Crippen molar-refractivity contribution in [3.63, 3.8) is 0 Å². The highest BCUT2D eigenvalue weighted by atomic mass is 16.2. The fourth-order valence-corrected chi connectivity index (χ4v) is 1.92. The Morgan fingerprint density at radius 3 is 2.57 bits per heavy atom. The van der Waals surface area contributed by atoms with Crippen LogP contribution in [0.5, 0.6) is 0 Å². The van der Waals surface area contributed by atoms with Crippen LogP contribution in [0.3, 0.4) is 0 Å². The molecule has 6 nitrogen and oxygen atoms in total. The third-order valence-electron chi connectivity index (χ3n) is 3.35. The van der Waals surface area contributed by atoms with Gasteiger partial charge in [0.05, 0.1) is 11.7 Å². The maximum Gasteiger partial charge on any atom is 0.241 e. The second kappa shape index (κ2) is 5.65. The van der Waals surface area contributed by atoms with Gasteiger partial charge in [0, 0.05) is 12.6 Å². The molecule has 0 unspecified atom stereocenters. The number of nitrogens with one attached hydrogen (secondary N) is 1. The standard InChI is InChI=1S/C15H21N5O/c1-15(2,3)12(16)14(21)18-11-8-6-5-7-10(11)13-19-17-9-20(13)4/h5-9,12H,16H2,1-4H3,(H,18,21)/t12-/m1/s1. The van der Waals surface area contributed by atoms with Crippen LogP contribution in [0.25, 0.3) is 11.4 Å². The Kier molecular flexibility index (Phi) is 4.09. The molecule has 1 amide bonds. The van der Waals surface area contributed by atoms with Crippen molar-refractivity contribution in [3.05, 3.63) is 30.6 Å². The summed E-state index contributed by atoms with van der Waals surface area (Å²) in [6, 6.07) is 6.88. The predicted octanol–water partition coefficient (Wildman–Crippen LogP) is 1.79. The first-order valence-corrected chi connectivity index (χ1v) is 6.80. The highest BCUT2D eigenvalue weighted by molar-refractivity contribution is 5.98. The van der Waals surface area contributed by atoms with E-state index in [9.17, 15) is 4.79 Å². The Labute approximate surface area is 124 Å². The number of nitrogens with two attached hydrogens (primary N) is 1. The van der Waals surface area contributed by atoms with Gasteiger partial charge in [-0.2, -0.15) is 0 Å². The van der Waals surface area contributed by atoms with E-state index in [1.807, 2.05) is 52.1 Å². The average molecular weight is 287 g/mol. The largest absolute Gasteiger partial charge is 0.324 e. The molecule has 0 spiro atoms.